The molecule has 0 bridgehead atoms. The van der Waals surface area contributed by atoms with Gasteiger partial charge in [0.2, 0.25) is 0 Å². The number of Topliss-reactive ketones (excluding diaryl/α,β-unsaturated/α-hetero) is 1. The van der Waals surface area contributed by atoms with E-state index in [-0.39, 0.29) is 5.78 Å². The molecule has 6 rings (SSSR count). The highest BCUT2D eigenvalue weighted by Crippen LogP contribution is 2.41. The van der Waals surface area contributed by atoms with Gasteiger partial charge in [0.05, 0.1) is 0 Å². The fourth-order valence-electron chi connectivity index (χ4n) is 6.47. The molecule has 4 nitrogen and oxygen atoms in total. The molecule has 1 aliphatic heterocycles. The maximum Gasteiger partial charge on any atom is 0.141 e. The summed E-state index contributed by atoms with van der Waals surface area (Å²) in [7, 11) is 0. The summed E-state index contributed by atoms with van der Waals surface area (Å²) in [6, 6.07) is 33.6. The van der Waals surface area contributed by atoms with Crippen LogP contribution in [0.4, 0.5) is 22.7 Å². The minimum atomic E-state index is 0.190. The van der Waals surface area contributed by atoms with Gasteiger partial charge >= 0.3 is 0 Å². The summed E-state index contributed by atoms with van der Waals surface area (Å²) in [6.45, 7) is 6.76. The molecule has 0 aromatic heterocycles. The van der Waals surface area contributed by atoms with Crippen molar-refractivity contribution in [3.8, 4) is 11.5 Å². The van der Waals surface area contributed by atoms with Gasteiger partial charge in [0.15, 0.2) is 0 Å². The molecule has 0 N–H and O–H groups in total. The van der Waals surface area contributed by atoms with Crippen molar-refractivity contribution in [3.05, 3.63) is 144 Å². The van der Waals surface area contributed by atoms with E-state index in [1.54, 1.807) is 0 Å². The molecule has 0 spiro atoms. The minimum Gasteiger partial charge on any atom is -0.457 e. The second-order valence-electron chi connectivity index (χ2n) is 12.8. The first-order chi connectivity index (χ1) is 23.0. The van der Waals surface area contributed by atoms with Crippen LogP contribution >= 0.6 is 0 Å². The molecule has 4 heteroatoms. The number of hydrogen-bond donors (Lipinski definition) is 0. The number of rotatable bonds is 10. The van der Waals surface area contributed by atoms with Gasteiger partial charge in [-0.3, -0.25) is 4.79 Å². The second kappa shape index (κ2) is 15.2. The average Bonchev–Trinajstić information content (AvgIpc) is 3.37. The first-order valence-electron chi connectivity index (χ1n) is 17.2. The third-order valence-electron chi connectivity index (χ3n) is 9.30. The van der Waals surface area contributed by atoms with Crippen LogP contribution in [0.2, 0.25) is 0 Å². The van der Waals surface area contributed by atoms with Gasteiger partial charge in [-0.05, 0) is 81.3 Å². The fourth-order valence-corrected chi connectivity index (χ4v) is 6.47. The summed E-state index contributed by atoms with van der Waals surface area (Å²) in [4.78, 5) is 18.0. The number of benzene rings is 4. The van der Waals surface area contributed by atoms with Crippen LogP contribution < -0.4 is 14.5 Å². The summed E-state index contributed by atoms with van der Waals surface area (Å²) < 4.78 is 6.85. The monoisotopic (exact) mass is 622 g/mol. The van der Waals surface area contributed by atoms with Crippen LogP contribution in [0, 0.1) is 5.92 Å². The number of para-hydroxylation sites is 2. The standard InChI is InChI=1S/C43H46N2O2/c1-4-32(2)16-15-17-33(3)44(36-18-11-7-12-19-36)39-26-24-34-28-41(46)29-35-25-27-40(31-43(35)47-42(34)30-39)45(38-22-13-8-14-23-38)37-20-9-5-6-10-21-37/h5-8,11-14,17-20,22-27,30-32H,4,9-10,15-16,21,28-29H2,1-3H3/b33-17+. The molecular formula is C43H46N2O2. The second-order valence-corrected chi connectivity index (χ2v) is 12.8. The van der Waals surface area contributed by atoms with E-state index in [1.807, 2.05) is 6.07 Å². The van der Waals surface area contributed by atoms with Gasteiger partial charge in [-0.25, -0.2) is 0 Å². The van der Waals surface area contributed by atoms with E-state index in [2.05, 4.69) is 146 Å². The van der Waals surface area contributed by atoms with Crippen molar-refractivity contribution in [2.75, 3.05) is 9.80 Å². The number of hydrogen-bond acceptors (Lipinski definition) is 4. The number of ether oxygens (including phenoxy) is 1. The van der Waals surface area contributed by atoms with E-state index in [4.69, 9.17) is 4.74 Å². The number of fused-ring (bicyclic) bond motifs is 2. The van der Waals surface area contributed by atoms with Crippen LogP contribution in [0.25, 0.3) is 0 Å². The normalized spacial score (nSPS) is 15.3. The summed E-state index contributed by atoms with van der Waals surface area (Å²) in [6.07, 6.45) is 16.1. The number of ketones is 1. The molecule has 0 amide bonds. The SMILES string of the molecule is CCC(C)CC/C=C(\C)N(c1ccccc1)c1ccc2c(c1)Oc1cc(N(C3=CCC=CCC3)c3ccccc3)ccc1CC(=O)C2. The zero-order chi connectivity index (χ0) is 32.6. The summed E-state index contributed by atoms with van der Waals surface area (Å²) in [5.41, 5.74) is 8.52. The molecule has 0 saturated heterocycles. The quantitative estimate of drug-likeness (QED) is 0.165. The van der Waals surface area contributed by atoms with Gasteiger partial charge in [0, 0.05) is 70.2 Å². The molecule has 2 aliphatic rings. The molecule has 1 aliphatic carbocycles. The first kappa shape index (κ1) is 32.1. The van der Waals surface area contributed by atoms with E-state index < -0.39 is 0 Å². The average molecular weight is 623 g/mol. The molecule has 1 heterocycles. The van der Waals surface area contributed by atoms with Gasteiger partial charge in [-0.2, -0.15) is 0 Å². The predicted octanol–water partition coefficient (Wildman–Crippen LogP) is 11.8. The van der Waals surface area contributed by atoms with Crippen LogP contribution in [0.3, 0.4) is 0 Å². The topological polar surface area (TPSA) is 32.8 Å². The van der Waals surface area contributed by atoms with E-state index in [0.717, 1.165) is 71.1 Å². The number of carbonyl (C=O) groups excluding carboxylic acids is 1. The molecule has 4 aromatic rings. The van der Waals surface area contributed by atoms with Crippen molar-refractivity contribution in [3.63, 3.8) is 0 Å². The Labute approximate surface area is 280 Å². The smallest absolute Gasteiger partial charge is 0.141 e. The molecule has 1 atom stereocenters. The summed E-state index contributed by atoms with van der Waals surface area (Å²) in [5, 5.41) is 0. The lowest BCUT2D eigenvalue weighted by molar-refractivity contribution is -0.117. The Hall–Kier alpha value is -4.83. The van der Waals surface area contributed by atoms with Crippen LogP contribution in [-0.4, -0.2) is 5.78 Å². The van der Waals surface area contributed by atoms with Gasteiger partial charge < -0.3 is 14.5 Å². The maximum absolute atomic E-state index is 13.3. The van der Waals surface area contributed by atoms with Gasteiger partial charge in [0.25, 0.3) is 0 Å². The maximum atomic E-state index is 13.3. The molecule has 0 radical (unpaired) electrons. The van der Waals surface area contributed by atoms with E-state index >= 15 is 0 Å². The molecule has 240 valence electrons. The van der Waals surface area contributed by atoms with Gasteiger partial charge in [0.1, 0.15) is 17.3 Å². The zero-order valence-electron chi connectivity index (χ0n) is 28.0. The highest BCUT2D eigenvalue weighted by Gasteiger charge is 2.23. The largest absolute Gasteiger partial charge is 0.457 e. The van der Waals surface area contributed by atoms with Crippen LogP contribution in [-0.2, 0) is 17.6 Å². The van der Waals surface area contributed by atoms with Crippen LogP contribution in [0.1, 0.15) is 70.4 Å². The van der Waals surface area contributed by atoms with Crippen molar-refractivity contribution in [1.82, 2.24) is 0 Å². The number of allylic oxidation sites excluding steroid dienone is 6. The van der Waals surface area contributed by atoms with Crippen molar-refractivity contribution < 1.29 is 9.53 Å². The highest BCUT2D eigenvalue weighted by molar-refractivity contribution is 5.86. The van der Waals surface area contributed by atoms with Crippen LogP contribution in [0.5, 0.6) is 11.5 Å². The first-order valence-corrected chi connectivity index (χ1v) is 17.2. The Morgan fingerprint density at radius 3 is 2.13 bits per heavy atom. The van der Waals surface area contributed by atoms with Crippen molar-refractivity contribution >= 4 is 28.5 Å². The lowest BCUT2D eigenvalue weighted by Gasteiger charge is -2.29. The number of anilines is 4. The predicted molar refractivity (Wildman–Crippen MR) is 196 cm³/mol. The molecule has 4 aromatic carbocycles. The molecular weight excluding hydrogens is 576 g/mol. The van der Waals surface area contributed by atoms with Crippen molar-refractivity contribution in [2.45, 2.75) is 72.1 Å². The number of carbonyl (C=O) groups is 1. The molecule has 47 heavy (non-hydrogen) atoms. The fraction of sp³-hybridized carbons (Fsp3) is 0.279. The summed E-state index contributed by atoms with van der Waals surface area (Å²) >= 11 is 0. The Morgan fingerprint density at radius 2 is 1.45 bits per heavy atom. The highest BCUT2D eigenvalue weighted by atomic mass is 16.5. The number of nitrogens with zero attached hydrogens (tertiary/aromatic N) is 2. The Bertz CT molecular complexity index is 1770. The Morgan fingerprint density at radius 1 is 0.809 bits per heavy atom. The zero-order valence-corrected chi connectivity index (χ0v) is 28.0. The van der Waals surface area contributed by atoms with Crippen LogP contribution in [0.15, 0.2) is 133 Å². The molecule has 0 fully saturated rings. The Kier molecular flexibility index (Phi) is 10.4. The van der Waals surface area contributed by atoms with E-state index in [1.165, 1.54) is 24.2 Å². The van der Waals surface area contributed by atoms with Gasteiger partial charge in [-0.1, -0.05) is 93.1 Å². The molecule has 0 saturated carbocycles. The lowest BCUT2D eigenvalue weighted by Crippen LogP contribution is -2.18. The third-order valence-corrected chi connectivity index (χ3v) is 9.30. The van der Waals surface area contributed by atoms with E-state index in [0.29, 0.717) is 18.8 Å². The minimum absolute atomic E-state index is 0.190. The van der Waals surface area contributed by atoms with Crippen molar-refractivity contribution in [2.24, 2.45) is 5.92 Å². The van der Waals surface area contributed by atoms with Gasteiger partial charge in [-0.15, -0.1) is 0 Å². The lowest BCUT2D eigenvalue weighted by atomic mass is 9.98. The summed E-state index contributed by atoms with van der Waals surface area (Å²) in [5.74, 6) is 2.35. The van der Waals surface area contributed by atoms with E-state index in [9.17, 15) is 4.79 Å². The third kappa shape index (κ3) is 7.77. The Balaban J connectivity index is 1.39. The van der Waals surface area contributed by atoms with Crippen molar-refractivity contribution in [1.29, 1.82) is 0 Å². The molecule has 1 unspecified atom stereocenters.